The van der Waals surface area contributed by atoms with Gasteiger partial charge in [-0.3, -0.25) is 9.67 Å². The van der Waals surface area contributed by atoms with Gasteiger partial charge in [0.15, 0.2) is 0 Å². The Hall–Kier alpha value is -1.68. The summed E-state index contributed by atoms with van der Waals surface area (Å²) in [7, 11) is 0. The molecule has 0 fully saturated rings. The number of pyridine rings is 1. The van der Waals surface area contributed by atoms with Crippen LogP contribution in [0.25, 0.3) is 0 Å². The first kappa shape index (κ1) is 13.7. The van der Waals surface area contributed by atoms with Crippen LogP contribution in [0.3, 0.4) is 0 Å². The van der Waals surface area contributed by atoms with Crippen LogP contribution >= 0.6 is 0 Å². The lowest BCUT2D eigenvalue weighted by Gasteiger charge is -2.22. The minimum absolute atomic E-state index is 0.325. The number of hydrogen-bond donors (Lipinski definition) is 1. The molecule has 0 spiro atoms. The van der Waals surface area contributed by atoms with Crippen molar-refractivity contribution in [3.63, 3.8) is 0 Å². The lowest BCUT2D eigenvalue weighted by Crippen LogP contribution is -2.33. The normalized spacial score (nSPS) is 14.3. The second-order valence-corrected chi connectivity index (χ2v) is 5.16. The van der Waals surface area contributed by atoms with Crippen molar-refractivity contribution in [2.45, 2.75) is 46.3 Å². The minimum atomic E-state index is 0.325. The summed E-state index contributed by atoms with van der Waals surface area (Å²) in [6, 6.07) is 4.77. The monoisotopic (exact) mass is 258 g/mol. The van der Waals surface area contributed by atoms with E-state index < -0.39 is 0 Å². The van der Waals surface area contributed by atoms with Crippen LogP contribution in [0.4, 0.5) is 0 Å². The predicted molar refractivity (Wildman–Crippen MR) is 77.0 cm³/mol. The molecule has 19 heavy (non-hydrogen) atoms. The third-order valence-electron chi connectivity index (χ3n) is 3.60. The van der Waals surface area contributed by atoms with Crippen LogP contribution in [-0.4, -0.2) is 20.8 Å². The summed E-state index contributed by atoms with van der Waals surface area (Å²) in [4.78, 5) is 4.31. The fourth-order valence-corrected chi connectivity index (χ4v) is 2.03. The molecule has 1 N–H and O–H groups in total. The Kier molecular flexibility index (Phi) is 4.32. The van der Waals surface area contributed by atoms with Crippen molar-refractivity contribution in [3.05, 3.63) is 47.5 Å². The summed E-state index contributed by atoms with van der Waals surface area (Å²) in [5.41, 5.74) is 3.53. The molecule has 0 bridgehead atoms. The van der Waals surface area contributed by atoms with E-state index in [1.54, 1.807) is 0 Å². The molecule has 2 aromatic rings. The van der Waals surface area contributed by atoms with Crippen molar-refractivity contribution in [2.24, 2.45) is 0 Å². The van der Waals surface area contributed by atoms with Crippen LogP contribution in [0.2, 0.25) is 0 Å². The number of aryl methyl sites for hydroxylation is 2. The molecule has 0 saturated heterocycles. The number of rotatable bonds is 5. The van der Waals surface area contributed by atoms with Crippen molar-refractivity contribution in [3.8, 4) is 0 Å². The van der Waals surface area contributed by atoms with Crippen LogP contribution in [0, 0.1) is 13.8 Å². The van der Waals surface area contributed by atoms with E-state index in [0.29, 0.717) is 12.1 Å². The zero-order valence-corrected chi connectivity index (χ0v) is 12.1. The second-order valence-electron chi connectivity index (χ2n) is 5.16. The molecule has 2 heterocycles. The zero-order valence-electron chi connectivity index (χ0n) is 12.1. The van der Waals surface area contributed by atoms with E-state index in [-0.39, 0.29) is 0 Å². The van der Waals surface area contributed by atoms with Gasteiger partial charge in [0.25, 0.3) is 0 Å². The van der Waals surface area contributed by atoms with Gasteiger partial charge in [-0.1, -0.05) is 6.07 Å². The van der Waals surface area contributed by atoms with Crippen molar-refractivity contribution < 1.29 is 0 Å². The molecule has 4 nitrogen and oxygen atoms in total. The highest BCUT2D eigenvalue weighted by atomic mass is 15.3. The average Bonchev–Trinajstić information content (AvgIpc) is 2.83. The van der Waals surface area contributed by atoms with E-state index in [0.717, 1.165) is 12.2 Å². The van der Waals surface area contributed by atoms with Crippen molar-refractivity contribution in [1.29, 1.82) is 0 Å². The highest BCUT2D eigenvalue weighted by Gasteiger charge is 2.14. The van der Waals surface area contributed by atoms with Crippen molar-refractivity contribution in [2.75, 3.05) is 0 Å². The highest BCUT2D eigenvalue weighted by Crippen LogP contribution is 2.12. The Balaban J connectivity index is 1.94. The van der Waals surface area contributed by atoms with E-state index in [1.807, 2.05) is 30.1 Å². The van der Waals surface area contributed by atoms with Gasteiger partial charge in [-0.05, 0) is 44.9 Å². The number of nitrogens with zero attached hydrogens (tertiary/aromatic N) is 3. The van der Waals surface area contributed by atoms with Crippen LogP contribution in [0.1, 0.15) is 36.7 Å². The molecule has 102 valence electrons. The minimum Gasteiger partial charge on any atom is -0.308 e. The maximum absolute atomic E-state index is 4.37. The summed E-state index contributed by atoms with van der Waals surface area (Å²) in [6.45, 7) is 9.31. The lowest BCUT2D eigenvalue weighted by molar-refractivity contribution is 0.364. The maximum atomic E-state index is 4.37. The first-order valence-corrected chi connectivity index (χ1v) is 6.72. The largest absolute Gasteiger partial charge is 0.308 e. The van der Waals surface area contributed by atoms with Gasteiger partial charge in [0.1, 0.15) is 0 Å². The van der Waals surface area contributed by atoms with Crippen LogP contribution in [-0.2, 0) is 6.54 Å². The molecule has 2 rings (SSSR count). The topological polar surface area (TPSA) is 42.7 Å². The quantitative estimate of drug-likeness (QED) is 0.896. The average molecular weight is 258 g/mol. The molecule has 0 aliphatic carbocycles. The van der Waals surface area contributed by atoms with Gasteiger partial charge in [-0.15, -0.1) is 0 Å². The highest BCUT2D eigenvalue weighted by molar-refractivity contribution is 5.18. The Morgan fingerprint density at radius 2 is 2.11 bits per heavy atom. The van der Waals surface area contributed by atoms with E-state index in [4.69, 9.17) is 0 Å². The molecule has 4 heteroatoms. The van der Waals surface area contributed by atoms with Gasteiger partial charge in [-0.2, -0.15) is 5.10 Å². The van der Waals surface area contributed by atoms with Crippen LogP contribution < -0.4 is 5.32 Å². The first-order valence-electron chi connectivity index (χ1n) is 6.72. The van der Waals surface area contributed by atoms with E-state index in [1.165, 1.54) is 11.1 Å². The van der Waals surface area contributed by atoms with Gasteiger partial charge in [0, 0.05) is 30.7 Å². The van der Waals surface area contributed by atoms with Gasteiger partial charge in [0.05, 0.1) is 12.2 Å². The smallest absolute Gasteiger partial charge is 0.0641 e. The van der Waals surface area contributed by atoms with Gasteiger partial charge in [-0.25, -0.2) is 0 Å². The molecular formula is C15H22N4. The third-order valence-corrected chi connectivity index (χ3v) is 3.60. The first-order chi connectivity index (χ1) is 9.08. The SMILES string of the molecule is Cc1cnn([C@@H](C)[C@@H](C)NCc2cccnc2C)c1. The summed E-state index contributed by atoms with van der Waals surface area (Å²) in [5.74, 6) is 0. The number of nitrogens with one attached hydrogen (secondary N) is 1. The second kappa shape index (κ2) is 5.97. The number of hydrogen-bond acceptors (Lipinski definition) is 3. The lowest BCUT2D eigenvalue weighted by atomic mass is 10.1. The molecule has 0 saturated carbocycles. The Morgan fingerprint density at radius 3 is 2.74 bits per heavy atom. The molecule has 0 amide bonds. The molecule has 2 atom stereocenters. The maximum Gasteiger partial charge on any atom is 0.0641 e. The summed E-state index contributed by atoms with van der Waals surface area (Å²) < 4.78 is 2.02. The summed E-state index contributed by atoms with van der Waals surface area (Å²) in [5, 5.41) is 7.92. The fourth-order valence-electron chi connectivity index (χ4n) is 2.03. The predicted octanol–water partition coefficient (Wildman–Crippen LogP) is 2.63. The van der Waals surface area contributed by atoms with Crippen molar-refractivity contribution >= 4 is 0 Å². The molecule has 2 aromatic heterocycles. The molecule has 0 aliphatic heterocycles. The fraction of sp³-hybridized carbons (Fsp3) is 0.467. The molecule has 0 radical (unpaired) electrons. The summed E-state index contributed by atoms with van der Waals surface area (Å²) >= 11 is 0. The molecule has 0 unspecified atom stereocenters. The Morgan fingerprint density at radius 1 is 1.32 bits per heavy atom. The Bertz CT molecular complexity index is 532. The van der Waals surface area contributed by atoms with E-state index in [9.17, 15) is 0 Å². The van der Waals surface area contributed by atoms with Crippen LogP contribution in [0.15, 0.2) is 30.7 Å². The van der Waals surface area contributed by atoms with E-state index in [2.05, 4.69) is 48.4 Å². The molecular weight excluding hydrogens is 236 g/mol. The molecule has 0 aromatic carbocycles. The van der Waals surface area contributed by atoms with Crippen molar-refractivity contribution in [1.82, 2.24) is 20.1 Å². The summed E-state index contributed by atoms with van der Waals surface area (Å²) in [6.07, 6.45) is 5.81. The Labute approximate surface area is 114 Å². The number of aromatic nitrogens is 3. The molecule has 0 aliphatic rings. The van der Waals surface area contributed by atoms with Gasteiger partial charge in [0.2, 0.25) is 0 Å². The standard InChI is InChI=1S/C15H22N4/c1-11-8-18-19(10-11)14(4)12(2)17-9-15-6-5-7-16-13(15)3/h5-8,10,12,14,17H,9H2,1-4H3/t12-,14+/m1/s1. The zero-order chi connectivity index (χ0) is 13.8. The van der Waals surface area contributed by atoms with Gasteiger partial charge < -0.3 is 5.32 Å². The van der Waals surface area contributed by atoms with Gasteiger partial charge >= 0.3 is 0 Å². The van der Waals surface area contributed by atoms with Crippen LogP contribution in [0.5, 0.6) is 0 Å². The van der Waals surface area contributed by atoms with E-state index >= 15 is 0 Å². The third kappa shape index (κ3) is 3.41.